The van der Waals surface area contributed by atoms with Crippen LogP contribution in [0, 0.1) is 0 Å². The van der Waals surface area contributed by atoms with Crippen LogP contribution >= 0.6 is 0 Å². The van der Waals surface area contributed by atoms with E-state index >= 15 is 0 Å². The molecule has 0 heterocycles. The maximum atomic E-state index is 12.6. The molecule has 4 N–H and O–H groups in total. The molecule has 0 spiro atoms. The number of carbonyl (C=O) groups excluding carboxylic acids is 4. The van der Waals surface area contributed by atoms with E-state index in [0.29, 0.717) is 33.6 Å². The first-order valence-electron chi connectivity index (χ1n) is 11.7. The van der Waals surface area contributed by atoms with Crippen LogP contribution in [0.25, 0.3) is 0 Å². The average Bonchev–Trinajstić information content (AvgIpc) is 2.84. The second-order valence-electron chi connectivity index (χ2n) is 8.90. The maximum absolute atomic E-state index is 12.6. The van der Waals surface area contributed by atoms with Gasteiger partial charge in [0.1, 0.15) is 0 Å². The zero-order chi connectivity index (χ0) is 26.2. The molecule has 0 aliphatic heterocycles. The van der Waals surface area contributed by atoms with Gasteiger partial charge in [-0.25, -0.2) is 0 Å². The second kappa shape index (κ2) is 11.8. The summed E-state index contributed by atoms with van der Waals surface area (Å²) in [5, 5.41) is 11.2. The van der Waals surface area contributed by atoms with Crippen LogP contribution in [0.5, 0.6) is 0 Å². The summed E-state index contributed by atoms with van der Waals surface area (Å²) < 4.78 is 0. The van der Waals surface area contributed by atoms with Gasteiger partial charge in [0.15, 0.2) is 0 Å². The Labute approximate surface area is 210 Å². The summed E-state index contributed by atoms with van der Waals surface area (Å²) in [6.07, 6.45) is 0. The Hall–Kier alpha value is -4.46. The lowest BCUT2D eigenvalue weighted by Crippen LogP contribution is -2.30. The minimum atomic E-state index is -0.336. The number of hydrogen-bond acceptors (Lipinski definition) is 4. The SMILES string of the molecule is CC(C)NC(=O)c1ccc(NC(=O)c2ccc(C(=O)Nc3ccc(C(=O)NC(C)C)cc3)cc2)cc1. The molecule has 0 fully saturated rings. The van der Waals surface area contributed by atoms with Gasteiger partial charge >= 0.3 is 0 Å². The van der Waals surface area contributed by atoms with Gasteiger partial charge in [-0.05, 0) is 100 Å². The van der Waals surface area contributed by atoms with Crippen LogP contribution in [0.3, 0.4) is 0 Å². The monoisotopic (exact) mass is 486 g/mol. The number of benzene rings is 3. The lowest BCUT2D eigenvalue weighted by Gasteiger charge is -2.10. The van der Waals surface area contributed by atoms with Crippen molar-refractivity contribution in [2.24, 2.45) is 0 Å². The van der Waals surface area contributed by atoms with Crippen molar-refractivity contribution in [1.82, 2.24) is 10.6 Å². The van der Waals surface area contributed by atoms with E-state index in [2.05, 4.69) is 21.3 Å². The van der Waals surface area contributed by atoms with Crippen molar-refractivity contribution in [3.63, 3.8) is 0 Å². The van der Waals surface area contributed by atoms with E-state index in [9.17, 15) is 19.2 Å². The third kappa shape index (κ3) is 7.27. The third-order valence-electron chi connectivity index (χ3n) is 5.06. The highest BCUT2D eigenvalue weighted by molar-refractivity contribution is 6.07. The Morgan fingerprint density at radius 1 is 0.444 bits per heavy atom. The van der Waals surface area contributed by atoms with Gasteiger partial charge in [0.2, 0.25) is 0 Å². The first-order valence-corrected chi connectivity index (χ1v) is 11.7. The van der Waals surface area contributed by atoms with Crippen molar-refractivity contribution in [3.05, 3.63) is 95.1 Å². The van der Waals surface area contributed by atoms with Gasteiger partial charge < -0.3 is 21.3 Å². The Balaban J connectivity index is 1.57. The summed E-state index contributed by atoms with van der Waals surface area (Å²) in [6.45, 7) is 7.53. The molecule has 4 amide bonds. The average molecular weight is 487 g/mol. The van der Waals surface area contributed by atoms with Gasteiger partial charge in [-0.2, -0.15) is 0 Å². The number of amides is 4. The zero-order valence-corrected chi connectivity index (χ0v) is 20.7. The van der Waals surface area contributed by atoms with Gasteiger partial charge in [0.25, 0.3) is 23.6 Å². The maximum Gasteiger partial charge on any atom is 0.255 e. The molecule has 0 aliphatic carbocycles. The van der Waals surface area contributed by atoms with Crippen molar-refractivity contribution in [3.8, 4) is 0 Å². The molecular weight excluding hydrogens is 456 g/mol. The first kappa shape index (κ1) is 26.2. The topological polar surface area (TPSA) is 116 Å². The molecule has 36 heavy (non-hydrogen) atoms. The van der Waals surface area contributed by atoms with Crippen molar-refractivity contribution < 1.29 is 19.2 Å². The van der Waals surface area contributed by atoms with Crippen molar-refractivity contribution in [1.29, 1.82) is 0 Å². The molecule has 0 bridgehead atoms. The van der Waals surface area contributed by atoms with E-state index in [4.69, 9.17) is 0 Å². The molecule has 0 saturated carbocycles. The fraction of sp³-hybridized carbons (Fsp3) is 0.214. The van der Waals surface area contributed by atoms with E-state index in [1.807, 2.05) is 27.7 Å². The number of anilines is 2. The summed E-state index contributed by atoms with van der Waals surface area (Å²) in [6, 6.07) is 19.5. The standard InChI is InChI=1S/C28H30N4O4/c1-17(2)29-25(33)21-9-13-23(14-10-21)31-27(35)19-5-7-20(8-6-19)28(36)32-24-15-11-22(12-16-24)26(34)30-18(3)4/h5-18H,1-4H3,(H,29,33)(H,30,34)(H,31,35)(H,32,36). The fourth-order valence-electron chi connectivity index (χ4n) is 3.28. The fourth-order valence-corrected chi connectivity index (χ4v) is 3.28. The molecule has 186 valence electrons. The Morgan fingerprint density at radius 3 is 0.972 bits per heavy atom. The van der Waals surface area contributed by atoms with Gasteiger partial charge in [-0.15, -0.1) is 0 Å². The van der Waals surface area contributed by atoms with Crippen LogP contribution in [-0.2, 0) is 0 Å². The van der Waals surface area contributed by atoms with Crippen LogP contribution in [0.4, 0.5) is 11.4 Å². The molecule has 0 aromatic heterocycles. The normalized spacial score (nSPS) is 10.6. The third-order valence-corrected chi connectivity index (χ3v) is 5.06. The Bertz CT molecular complexity index is 1130. The molecule has 3 rings (SSSR count). The van der Waals surface area contributed by atoms with Crippen LogP contribution < -0.4 is 21.3 Å². The van der Waals surface area contributed by atoms with E-state index < -0.39 is 0 Å². The molecular formula is C28H30N4O4. The number of rotatable bonds is 8. The lowest BCUT2D eigenvalue weighted by molar-refractivity contribution is 0.0934. The van der Waals surface area contributed by atoms with Gasteiger partial charge in [-0.3, -0.25) is 19.2 Å². The molecule has 0 atom stereocenters. The summed E-state index contributed by atoms with van der Waals surface area (Å²) in [7, 11) is 0. The molecule has 0 saturated heterocycles. The molecule has 3 aromatic rings. The largest absolute Gasteiger partial charge is 0.350 e. The van der Waals surface area contributed by atoms with Crippen molar-refractivity contribution in [2.45, 2.75) is 39.8 Å². The zero-order valence-electron chi connectivity index (χ0n) is 20.7. The highest BCUT2D eigenvalue weighted by Gasteiger charge is 2.12. The predicted molar refractivity (Wildman–Crippen MR) is 140 cm³/mol. The number of nitrogens with one attached hydrogen (secondary N) is 4. The lowest BCUT2D eigenvalue weighted by atomic mass is 10.1. The summed E-state index contributed by atoms with van der Waals surface area (Å²) in [4.78, 5) is 49.2. The van der Waals surface area contributed by atoms with E-state index in [0.717, 1.165) is 0 Å². The summed E-state index contributed by atoms with van der Waals surface area (Å²) >= 11 is 0. The van der Waals surface area contributed by atoms with E-state index in [1.165, 1.54) is 0 Å². The molecule has 0 aliphatic rings. The van der Waals surface area contributed by atoms with Crippen LogP contribution in [-0.4, -0.2) is 35.7 Å². The summed E-state index contributed by atoms with van der Waals surface area (Å²) in [5.41, 5.74) is 2.88. The first-order chi connectivity index (χ1) is 17.1. The van der Waals surface area contributed by atoms with Crippen LogP contribution in [0.15, 0.2) is 72.8 Å². The molecule has 0 unspecified atom stereocenters. The van der Waals surface area contributed by atoms with E-state index in [1.54, 1.807) is 72.8 Å². The molecule has 8 nitrogen and oxygen atoms in total. The van der Waals surface area contributed by atoms with Crippen LogP contribution in [0.1, 0.15) is 69.1 Å². The van der Waals surface area contributed by atoms with Gasteiger partial charge in [0.05, 0.1) is 0 Å². The minimum absolute atomic E-state index is 0.0327. The second-order valence-corrected chi connectivity index (χ2v) is 8.90. The highest BCUT2D eigenvalue weighted by Crippen LogP contribution is 2.15. The smallest absolute Gasteiger partial charge is 0.255 e. The highest BCUT2D eigenvalue weighted by atomic mass is 16.2. The quantitative estimate of drug-likeness (QED) is 0.376. The summed E-state index contributed by atoms with van der Waals surface area (Å²) in [5.74, 6) is -1.03. The molecule has 0 radical (unpaired) electrons. The Kier molecular flexibility index (Phi) is 8.57. The number of carbonyl (C=O) groups is 4. The van der Waals surface area contributed by atoms with Crippen molar-refractivity contribution >= 4 is 35.0 Å². The van der Waals surface area contributed by atoms with Crippen molar-refractivity contribution in [2.75, 3.05) is 10.6 Å². The molecule has 8 heteroatoms. The Morgan fingerprint density at radius 2 is 0.694 bits per heavy atom. The minimum Gasteiger partial charge on any atom is -0.350 e. The predicted octanol–water partition coefficient (Wildman–Crippen LogP) is 4.47. The van der Waals surface area contributed by atoms with E-state index in [-0.39, 0.29) is 35.7 Å². The number of hydrogen-bond donors (Lipinski definition) is 4. The van der Waals surface area contributed by atoms with Crippen LogP contribution in [0.2, 0.25) is 0 Å². The molecule has 3 aromatic carbocycles. The van der Waals surface area contributed by atoms with Gasteiger partial charge in [-0.1, -0.05) is 0 Å². The van der Waals surface area contributed by atoms with Gasteiger partial charge in [0, 0.05) is 45.7 Å².